The molecule has 2 aromatic heterocycles. The van der Waals surface area contributed by atoms with Crippen molar-refractivity contribution < 1.29 is 9.59 Å². The molecule has 3 aromatic rings. The molecule has 9 heteroatoms. The molecule has 1 aliphatic carbocycles. The third-order valence-electron chi connectivity index (χ3n) is 6.31. The van der Waals surface area contributed by atoms with Crippen molar-refractivity contribution >= 4 is 50.8 Å². The lowest BCUT2D eigenvalue weighted by Gasteiger charge is -2.19. The second kappa shape index (κ2) is 8.86. The van der Waals surface area contributed by atoms with E-state index in [1.54, 1.807) is 6.07 Å². The number of nitrogens with zero attached hydrogens (tertiary/aromatic N) is 4. The van der Waals surface area contributed by atoms with Crippen molar-refractivity contribution in [2.24, 2.45) is 11.8 Å². The topological polar surface area (TPSA) is 99.0 Å². The third-order valence-corrected chi connectivity index (χ3v) is 8.38. The van der Waals surface area contributed by atoms with Crippen molar-refractivity contribution in [3.63, 3.8) is 0 Å². The molecule has 5 rings (SSSR count). The van der Waals surface area contributed by atoms with Crippen LogP contribution in [0.5, 0.6) is 0 Å². The summed E-state index contributed by atoms with van der Waals surface area (Å²) < 4.78 is 1.66. The summed E-state index contributed by atoms with van der Waals surface area (Å²) in [6.07, 6.45) is 3.62. The van der Waals surface area contributed by atoms with Gasteiger partial charge in [0.1, 0.15) is 11.1 Å². The zero-order chi connectivity index (χ0) is 23.1. The first-order valence-electron chi connectivity index (χ1n) is 11.0. The minimum Gasteiger partial charge on any atom is -0.316 e. The van der Waals surface area contributed by atoms with E-state index in [1.165, 1.54) is 28.0 Å². The van der Waals surface area contributed by atoms with Crippen LogP contribution < -0.4 is 10.2 Å². The first kappa shape index (κ1) is 22.0. The van der Waals surface area contributed by atoms with E-state index in [1.807, 2.05) is 32.2 Å². The summed E-state index contributed by atoms with van der Waals surface area (Å²) in [7, 11) is 1.85. The molecular weight excluding hydrogens is 454 g/mol. The molecule has 1 aliphatic heterocycles. The molecule has 1 saturated heterocycles. The van der Waals surface area contributed by atoms with Gasteiger partial charge in [-0.05, 0) is 68.4 Å². The number of nitriles is 1. The predicted molar refractivity (Wildman–Crippen MR) is 128 cm³/mol. The molecule has 1 aromatic carbocycles. The Morgan fingerprint density at radius 1 is 1.18 bits per heavy atom. The number of amides is 2. The fraction of sp³-hybridized carbons (Fsp3) is 0.375. The maximum Gasteiger partial charge on any atom is 0.237 e. The molecule has 0 radical (unpaired) electrons. The number of benzene rings is 1. The average Bonchev–Trinajstić information content (AvgIpc) is 3.31. The molecule has 2 fully saturated rings. The number of carbonyl (C=O) groups excluding carboxylic acids is 2. The van der Waals surface area contributed by atoms with E-state index in [0.717, 1.165) is 51.5 Å². The Morgan fingerprint density at radius 3 is 2.58 bits per heavy atom. The Bertz CT molecular complexity index is 1290. The summed E-state index contributed by atoms with van der Waals surface area (Å²) in [6, 6.07) is 9.75. The van der Waals surface area contributed by atoms with Crippen LogP contribution in [0, 0.1) is 30.1 Å². The predicted octanol–water partition coefficient (Wildman–Crippen LogP) is 4.42. The van der Waals surface area contributed by atoms with Crippen LogP contribution in [0.2, 0.25) is 0 Å². The summed E-state index contributed by atoms with van der Waals surface area (Å²) in [5.41, 5.74) is 3.72. The molecule has 1 saturated carbocycles. The van der Waals surface area contributed by atoms with Crippen LogP contribution in [-0.2, 0) is 16.1 Å². The molecule has 7 nitrogen and oxygen atoms in total. The van der Waals surface area contributed by atoms with Crippen molar-refractivity contribution in [2.45, 2.75) is 48.5 Å². The van der Waals surface area contributed by atoms with Crippen LogP contribution in [0.1, 0.15) is 42.5 Å². The number of hydrogen-bond acceptors (Lipinski definition) is 8. The van der Waals surface area contributed by atoms with Gasteiger partial charge >= 0.3 is 0 Å². The maximum atomic E-state index is 13.0. The lowest BCUT2D eigenvalue weighted by atomic mass is 9.81. The first-order valence-corrected chi connectivity index (χ1v) is 12.6. The van der Waals surface area contributed by atoms with Crippen LogP contribution in [0.3, 0.4) is 0 Å². The molecule has 0 unspecified atom stereocenters. The SMILES string of the molecule is CNCc1cc(C)nc(Sc2nc3ccc(N4C(=O)[C@H]5CCCC[C@H]5C4=O)cc3s2)c1C#N. The fourth-order valence-corrected chi connectivity index (χ4v) is 6.99. The van der Waals surface area contributed by atoms with Gasteiger partial charge in [0.05, 0.1) is 33.3 Å². The number of fused-ring (bicyclic) bond motifs is 2. The van der Waals surface area contributed by atoms with Crippen LogP contribution in [0.4, 0.5) is 5.69 Å². The Balaban J connectivity index is 1.46. The summed E-state index contributed by atoms with van der Waals surface area (Å²) in [6.45, 7) is 2.50. The Labute approximate surface area is 200 Å². The van der Waals surface area contributed by atoms with E-state index in [4.69, 9.17) is 4.98 Å². The standard InChI is InChI=1S/C24H23N5O2S2/c1-13-9-14(12-26-2)18(11-25)21(27-13)33-24-28-19-8-7-15(10-20(19)32-24)29-22(30)16-5-3-4-6-17(16)23(29)31/h7-10,16-17,26H,3-6,12H2,1-2H3/t16-,17+. The monoisotopic (exact) mass is 477 g/mol. The number of anilines is 1. The molecule has 33 heavy (non-hydrogen) atoms. The van der Waals surface area contributed by atoms with Gasteiger partial charge in [0.25, 0.3) is 0 Å². The molecule has 2 aliphatic rings. The van der Waals surface area contributed by atoms with Gasteiger partial charge in [-0.15, -0.1) is 11.3 Å². The summed E-state index contributed by atoms with van der Waals surface area (Å²) in [5, 5.41) is 13.4. The normalized spacial score (nSPS) is 20.3. The van der Waals surface area contributed by atoms with E-state index >= 15 is 0 Å². The Morgan fingerprint density at radius 2 is 1.91 bits per heavy atom. The quantitative estimate of drug-likeness (QED) is 0.543. The van der Waals surface area contributed by atoms with Gasteiger partial charge in [-0.25, -0.2) is 9.97 Å². The van der Waals surface area contributed by atoms with Gasteiger partial charge < -0.3 is 5.32 Å². The Hall–Kier alpha value is -2.80. The number of aromatic nitrogens is 2. The first-order chi connectivity index (χ1) is 16.0. The number of thiazole rings is 1. The van der Waals surface area contributed by atoms with Crippen LogP contribution >= 0.6 is 23.1 Å². The van der Waals surface area contributed by atoms with E-state index in [9.17, 15) is 14.9 Å². The highest BCUT2D eigenvalue weighted by atomic mass is 32.2. The van der Waals surface area contributed by atoms with Crippen molar-refractivity contribution in [1.82, 2.24) is 15.3 Å². The van der Waals surface area contributed by atoms with E-state index < -0.39 is 0 Å². The number of carbonyl (C=O) groups is 2. The smallest absolute Gasteiger partial charge is 0.237 e. The molecule has 1 N–H and O–H groups in total. The van der Waals surface area contributed by atoms with E-state index in [0.29, 0.717) is 22.8 Å². The van der Waals surface area contributed by atoms with Gasteiger partial charge in [0.2, 0.25) is 11.8 Å². The van der Waals surface area contributed by atoms with Gasteiger partial charge in [-0.1, -0.05) is 12.8 Å². The molecule has 0 bridgehead atoms. The van der Waals surface area contributed by atoms with Crippen LogP contribution in [-0.4, -0.2) is 28.8 Å². The average molecular weight is 478 g/mol. The number of rotatable bonds is 5. The molecule has 2 amide bonds. The number of nitrogens with one attached hydrogen (secondary N) is 1. The molecule has 2 atom stereocenters. The molecule has 168 valence electrons. The fourth-order valence-electron chi connectivity index (χ4n) is 4.81. The largest absolute Gasteiger partial charge is 0.316 e. The molecule has 0 spiro atoms. The lowest BCUT2D eigenvalue weighted by Crippen LogP contribution is -2.30. The third kappa shape index (κ3) is 3.92. The second-order valence-electron chi connectivity index (χ2n) is 8.49. The maximum absolute atomic E-state index is 13.0. The van der Waals surface area contributed by atoms with Gasteiger partial charge in [0, 0.05) is 12.2 Å². The number of aryl methyl sites for hydroxylation is 1. The molecular formula is C24H23N5O2S2. The number of imide groups is 1. The number of pyridine rings is 1. The summed E-state index contributed by atoms with van der Waals surface area (Å²) >= 11 is 2.85. The highest BCUT2D eigenvalue weighted by Crippen LogP contribution is 2.42. The number of hydrogen-bond donors (Lipinski definition) is 1. The van der Waals surface area contributed by atoms with Crippen LogP contribution in [0.15, 0.2) is 33.6 Å². The molecule has 3 heterocycles. The Kier molecular flexibility index (Phi) is 5.91. The van der Waals surface area contributed by atoms with E-state index in [-0.39, 0.29) is 23.7 Å². The van der Waals surface area contributed by atoms with Gasteiger partial charge in [-0.2, -0.15) is 5.26 Å². The highest BCUT2D eigenvalue weighted by Gasteiger charge is 2.48. The van der Waals surface area contributed by atoms with Gasteiger partial charge in [-0.3, -0.25) is 14.5 Å². The van der Waals surface area contributed by atoms with E-state index in [2.05, 4.69) is 16.4 Å². The minimum absolute atomic E-state index is 0.0668. The summed E-state index contributed by atoms with van der Waals surface area (Å²) in [5.74, 6) is -0.470. The van der Waals surface area contributed by atoms with Gasteiger partial charge in [0.15, 0.2) is 4.34 Å². The van der Waals surface area contributed by atoms with Crippen molar-refractivity contribution in [3.8, 4) is 6.07 Å². The lowest BCUT2D eigenvalue weighted by molar-refractivity contribution is -0.122. The zero-order valence-electron chi connectivity index (χ0n) is 18.4. The highest BCUT2D eigenvalue weighted by molar-refractivity contribution is 8.01. The second-order valence-corrected chi connectivity index (χ2v) is 10.8. The summed E-state index contributed by atoms with van der Waals surface area (Å²) in [4.78, 5) is 36.6. The zero-order valence-corrected chi connectivity index (χ0v) is 20.1. The van der Waals surface area contributed by atoms with Crippen molar-refractivity contribution in [3.05, 3.63) is 41.1 Å². The van der Waals surface area contributed by atoms with Crippen LogP contribution in [0.25, 0.3) is 10.2 Å². The van der Waals surface area contributed by atoms with Crippen molar-refractivity contribution in [1.29, 1.82) is 5.26 Å². The van der Waals surface area contributed by atoms with Crippen molar-refractivity contribution in [2.75, 3.05) is 11.9 Å². The minimum atomic E-state index is -0.168.